The maximum Gasteiger partial charge on any atom is 3.00 e. The molecule has 0 spiro atoms. The quantitative estimate of drug-likeness (QED) is 0.123. The summed E-state index contributed by atoms with van der Waals surface area (Å²) < 4.78 is 0. The molecule has 3 aliphatic rings. The number of aliphatic imine (C=N–C) groups is 3. The Labute approximate surface area is 418 Å². The number of rotatable bonds is 6. The van der Waals surface area contributed by atoms with E-state index >= 15 is 0 Å². The molecule has 10 heteroatoms. The first-order valence-electron chi connectivity index (χ1n) is 21.9. The van der Waals surface area contributed by atoms with E-state index in [0.29, 0.717) is 0 Å². The van der Waals surface area contributed by atoms with Crippen molar-refractivity contribution in [3.8, 4) is 0 Å². The third kappa shape index (κ3) is 11.0. The van der Waals surface area contributed by atoms with Gasteiger partial charge < -0.3 is 16.0 Å². The van der Waals surface area contributed by atoms with Crippen LogP contribution in [-0.2, 0) is 19.5 Å². The summed E-state index contributed by atoms with van der Waals surface area (Å²) in [5, 5.41) is 21.5. The molecular formula is C57H45N6RuS3. The van der Waals surface area contributed by atoms with Crippen molar-refractivity contribution in [2.75, 3.05) is 0 Å². The summed E-state index contributed by atoms with van der Waals surface area (Å²) in [5.74, 6) is 0. The molecule has 0 saturated heterocycles. The third-order valence-electron chi connectivity index (χ3n) is 11.5. The number of fused-ring (bicyclic) bond motifs is 6. The average Bonchev–Trinajstić information content (AvgIpc) is 4.10. The molecule has 12 rings (SSSR count). The Morgan fingerprint density at radius 3 is 0.866 bits per heavy atom. The summed E-state index contributed by atoms with van der Waals surface area (Å²) in [7, 11) is 0. The zero-order valence-corrected chi connectivity index (χ0v) is 41.2. The van der Waals surface area contributed by atoms with Gasteiger partial charge in [0.1, 0.15) is 0 Å². The van der Waals surface area contributed by atoms with E-state index in [0.717, 1.165) is 50.9 Å². The molecule has 3 atom stereocenters. The topological polar surface area (TPSA) is 79.4 Å². The zero-order chi connectivity index (χ0) is 44.8. The van der Waals surface area contributed by atoms with Crippen molar-refractivity contribution < 1.29 is 19.5 Å². The summed E-state index contributed by atoms with van der Waals surface area (Å²) in [5.41, 5.74) is 9.50. The summed E-state index contributed by atoms with van der Waals surface area (Å²) in [4.78, 5) is 18.0. The smallest absolute Gasteiger partial charge is 0.654 e. The summed E-state index contributed by atoms with van der Waals surface area (Å²) in [6.07, 6.45) is 0. The van der Waals surface area contributed by atoms with Gasteiger partial charge in [0.2, 0.25) is 0 Å². The fourth-order valence-corrected chi connectivity index (χ4v) is 10.9. The van der Waals surface area contributed by atoms with E-state index in [1.165, 1.54) is 47.0 Å². The fourth-order valence-electron chi connectivity index (χ4n) is 7.90. The van der Waals surface area contributed by atoms with Crippen LogP contribution in [0.1, 0.15) is 37.5 Å². The Bertz CT molecular complexity index is 2890. The molecule has 6 nitrogen and oxygen atoms in total. The number of benzene rings is 9. The standard InChI is InChI=1S/3C19H15N2S.Ru/c3*1-13(15-11-10-14-6-2-3-7-16(14)12-15)20-19-21-17-8-4-5-9-18(17)22-19;/h3*2-12,19H,1H3;/q3*-1;+3/b3*20-13-;. The minimum atomic E-state index is -0.0659. The molecule has 0 saturated carbocycles. The minimum absolute atomic E-state index is 0. The molecule has 329 valence electrons. The number of hydrogen-bond acceptors (Lipinski definition) is 6. The average molecular weight is 1010 g/mol. The summed E-state index contributed by atoms with van der Waals surface area (Å²) in [6, 6.07) is 69.3. The van der Waals surface area contributed by atoms with Crippen molar-refractivity contribution in [3.05, 3.63) is 233 Å². The molecule has 9 aromatic rings. The molecule has 0 amide bonds. The van der Waals surface area contributed by atoms with Gasteiger partial charge in [0.25, 0.3) is 0 Å². The van der Waals surface area contributed by atoms with Crippen molar-refractivity contribution in [2.45, 2.75) is 52.0 Å². The van der Waals surface area contributed by atoms with Crippen LogP contribution in [-0.4, -0.2) is 33.6 Å². The van der Waals surface area contributed by atoms with E-state index in [2.05, 4.69) is 182 Å². The molecule has 3 heterocycles. The number of thioether (sulfide) groups is 3. The van der Waals surface area contributed by atoms with Gasteiger partial charge in [0, 0.05) is 33.6 Å². The van der Waals surface area contributed by atoms with Gasteiger partial charge in [-0.25, -0.2) is 0 Å². The molecule has 0 bridgehead atoms. The molecule has 3 unspecified atom stereocenters. The molecule has 9 aromatic carbocycles. The first-order chi connectivity index (χ1) is 32.4. The maximum atomic E-state index is 4.78. The zero-order valence-electron chi connectivity index (χ0n) is 37.0. The molecule has 67 heavy (non-hydrogen) atoms. The van der Waals surface area contributed by atoms with Crippen molar-refractivity contribution in [3.63, 3.8) is 0 Å². The van der Waals surface area contributed by atoms with Crippen LogP contribution in [0.4, 0.5) is 17.1 Å². The van der Waals surface area contributed by atoms with Crippen LogP contribution in [0.5, 0.6) is 0 Å². The van der Waals surface area contributed by atoms with Gasteiger partial charge >= 0.3 is 19.5 Å². The summed E-state index contributed by atoms with van der Waals surface area (Å²) >= 11 is 5.13. The van der Waals surface area contributed by atoms with E-state index in [1.54, 1.807) is 35.3 Å². The second-order valence-electron chi connectivity index (χ2n) is 16.0. The predicted octanol–water partition coefficient (Wildman–Crippen LogP) is 17.2. The van der Waals surface area contributed by atoms with Crippen LogP contribution in [0.25, 0.3) is 48.3 Å². The second kappa shape index (κ2) is 21.2. The summed E-state index contributed by atoms with van der Waals surface area (Å²) in [6.45, 7) is 6.18. The first-order valence-corrected chi connectivity index (χ1v) is 24.5. The minimum Gasteiger partial charge on any atom is -0.654 e. The van der Waals surface area contributed by atoms with E-state index in [9.17, 15) is 0 Å². The van der Waals surface area contributed by atoms with Crippen molar-refractivity contribution in [1.29, 1.82) is 0 Å². The van der Waals surface area contributed by atoms with Crippen LogP contribution in [0.3, 0.4) is 0 Å². The van der Waals surface area contributed by atoms with Gasteiger partial charge in [0.15, 0.2) is 0 Å². The van der Waals surface area contributed by atoms with Crippen LogP contribution in [0, 0.1) is 0 Å². The van der Waals surface area contributed by atoms with Crippen LogP contribution >= 0.6 is 35.3 Å². The molecule has 0 N–H and O–H groups in total. The van der Waals surface area contributed by atoms with Gasteiger partial charge in [-0.15, -0.1) is 52.3 Å². The Hall–Kier alpha value is -6.16. The molecule has 0 aromatic heterocycles. The molecule has 0 fully saturated rings. The second-order valence-corrected chi connectivity index (χ2v) is 19.2. The third-order valence-corrected chi connectivity index (χ3v) is 14.5. The molecule has 3 aliphatic heterocycles. The number of nitrogens with zero attached hydrogens (tertiary/aromatic N) is 6. The normalized spacial score (nSPS) is 17.1. The Balaban J connectivity index is 0.000000125. The van der Waals surface area contributed by atoms with Crippen molar-refractivity contribution in [2.24, 2.45) is 15.0 Å². The predicted molar refractivity (Wildman–Crippen MR) is 286 cm³/mol. The maximum absolute atomic E-state index is 4.78. The molecular weight excluding hydrogens is 966 g/mol. The monoisotopic (exact) mass is 1010 g/mol. The Kier molecular flexibility index (Phi) is 14.6. The van der Waals surface area contributed by atoms with Gasteiger partial charge in [-0.2, -0.15) is 0 Å². The van der Waals surface area contributed by atoms with E-state index in [-0.39, 0.29) is 36.0 Å². The Morgan fingerprint density at radius 1 is 0.328 bits per heavy atom. The van der Waals surface area contributed by atoms with Gasteiger partial charge in [-0.3, -0.25) is 15.0 Å². The van der Waals surface area contributed by atoms with E-state index in [1.807, 2.05) is 54.6 Å². The van der Waals surface area contributed by atoms with Gasteiger partial charge in [0.05, 0.1) is 0 Å². The first kappa shape index (κ1) is 46.0. The van der Waals surface area contributed by atoms with E-state index < -0.39 is 0 Å². The SMILES string of the molecule is C/C(=N/C1[N-]c2ccccc2S1)c1ccc2ccccc2c1.C/C(=N/C1[N-]c2ccccc2S1)c1ccc2ccccc2c1.C/C(=N/C1[N-]c2ccccc2S1)c1ccc2ccccc2c1.[Ru+3]. The number of hydrogen-bond donors (Lipinski definition) is 0. The van der Waals surface area contributed by atoms with Crippen molar-refractivity contribution in [1.82, 2.24) is 0 Å². The number of para-hydroxylation sites is 3. The van der Waals surface area contributed by atoms with Gasteiger partial charge in [-0.1, -0.05) is 164 Å². The molecule has 0 aliphatic carbocycles. The van der Waals surface area contributed by atoms with Crippen LogP contribution < -0.4 is 0 Å². The molecule has 1 radical (unpaired) electrons. The van der Waals surface area contributed by atoms with Crippen LogP contribution in [0.15, 0.2) is 230 Å². The van der Waals surface area contributed by atoms with Crippen molar-refractivity contribution >= 4 is 102 Å². The largest absolute Gasteiger partial charge is 3.00 e. The Morgan fingerprint density at radius 2 is 0.582 bits per heavy atom. The van der Waals surface area contributed by atoms with Crippen LogP contribution in [0.2, 0.25) is 0 Å². The van der Waals surface area contributed by atoms with Gasteiger partial charge in [-0.05, 0) is 121 Å². The fraction of sp³-hybridized carbons (Fsp3) is 0.105. The van der Waals surface area contributed by atoms with E-state index in [4.69, 9.17) is 15.0 Å².